The summed E-state index contributed by atoms with van der Waals surface area (Å²) in [5, 5.41) is 3.26. The molecule has 2 aliphatic rings. The summed E-state index contributed by atoms with van der Waals surface area (Å²) in [6.07, 6.45) is 2.43. The van der Waals surface area contributed by atoms with Crippen LogP contribution in [0.1, 0.15) is 24.4 Å². The van der Waals surface area contributed by atoms with Crippen LogP contribution < -0.4 is 10.9 Å². The maximum Gasteiger partial charge on any atom is 0.260 e. The minimum atomic E-state index is -0.397. The van der Waals surface area contributed by atoms with Gasteiger partial charge in [-0.3, -0.25) is 25.4 Å². The van der Waals surface area contributed by atoms with Gasteiger partial charge in [0.2, 0.25) is 0 Å². The van der Waals surface area contributed by atoms with Crippen molar-refractivity contribution < 1.29 is 4.79 Å². The van der Waals surface area contributed by atoms with Crippen molar-refractivity contribution in [2.75, 3.05) is 31.6 Å². The van der Waals surface area contributed by atoms with E-state index in [-0.39, 0.29) is 5.91 Å². The third kappa shape index (κ3) is 4.44. The Hall–Kier alpha value is -2.31. The lowest BCUT2D eigenvalue weighted by molar-refractivity contribution is -0.127. The fourth-order valence-electron chi connectivity index (χ4n) is 5.07. The molecule has 0 radical (unpaired) electrons. The molecule has 2 saturated heterocycles. The molecule has 2 atom stereocenters. The van der Waals surface area contributed by atoms with Gasteiger partial charge in [0.1, 0.15) is 6.04 Å². The van der Waals surface area contributed by atoms with E-state index in [1.165, 1.54) is 19.4 Å². The summed E-state index contributed by atoms with van der Waals surface area (Å²) in [4.78, 5) is 18.5. The number of amides is 1. The van der Waals surface area contributed by atoms with Crippen molar-refractivity contribution in [2.24, 2.45) is 0 Å². The van der Waals surface area contributed by atoms with Gasteiger partial charge in [-0.1, -0.05) is 65.7 Å². The zero-order chi connectivity index (χ0) is 22.1. The van der Waals surface area contributed by atoms with E-state index in [1.807, 2.05) is 18.2 Å². The van der Waals surface area contributed by atoms with E-state index in [4.69, 9.17) is 23.2 Å². The van der Waals surface area contributed by atoms with Gasteiger partial charge in [0.05, 0.1) is 5.69 Å². The minimum absolute atomic E-state index is 0.0936. The molecule has 32 heavy (non-hydrogen) atoms. The molecule has 3 aromatic carbocycles. The van der Waals surface area contributed by atoms with Gasteiger partial charge in [0, 0.05) is 35.7 Å². The zero-order valence-electron chi connectivity index (χ0n) is 17.7. The largest absolute Gasteiger partial charge is 0.298 e. The van der Waals surface area contributed by atoms with E-state index >= 15 is 0 Å². The molecule has 0 saturated carbocycles. The first-order valence-corrected chi connectivity index (χ1v) is 11.8. The quantitative estimate of drug-likeness (QED) is 0.510. The number of fused-ring (bicyclic) bond motifs is 2. The molecule has 5 rings (SSSR count). The molecule has 1 amide bonds. The van der Waals surface area contributed by atoms with Crippen molar-refractivity contribution in [3.8, 4) is 0 Å². The second kappa shape index (κ2) is 9.28. The standard InChI is InChI=1S/C25H26Cl2N4O/c26-18-13-19(27)15-20(14-18)28-29-25(32)24(31-12-11-30-10-4-7-21(30)16-31)23-9-3-6-17-5-1-2-8-22(17)23/h1-3,5-6,8-9,13-15,21,24,28H,4,7,10-12,16H2,(H,29,32)/t21-,24?/m0/s1. The monoisotopic (exact) mass is 468 g/mol. The molecule has 3 aromatic rings. The summed E-state index contributed by atoms with van der Waals surface area (Å²) >= 11 is 12.2. The third-order valence-electron chi connectivity index (χ3n) is 6.54. The Morgan fingerprint density at radius 3 is 2.59 bits per heavy atom. The summed E-state index contributed by atoms with van der Waals surface area (Å²) in [5.74, 6) is -0.0936. The molecule has 2 N–H and O–H groups in total. The molecule has 7 heteroatoms. The highest BCUT2D eigenvalue weighted by Crippen LogP contribution is 2.32. The first kappa shape index (κ1) is 21.5. The van der Waals surface area contributed by atoms with Gasteiger partial charge in [-0.2, -0.15) is 0 Å². The smallest absolute Gasteiger partial charge is 0.260 e. The van der Waals surface area contributed by atoms with Crippen LogP contribution in [0.2, 0.25) is 10.0 Å². The summed E-state index contributed by atoms with van der Waals surface area (Å²) < 4.78 is 0. The maximum atomic E-state index is 13.6. The van der Waals surface area contributed by atoms with Crippen LogP contribution >= 0.6 is 23.2 Å². The first-order chi connectivity index (χ1) is 15.6. The van der Waals surface area contributed by atoms with E-state index in [9.17, 15) is 4.79 Å². The Balaban J connectivity index is 1.45. The number of hydrazine groups is 1. The molecule has 0 aromatic heterocycles. The van der Waals surface area contributed by atoms with Gasteiger partial charge in [-0.25, -0.2) is 0 Å². The summed E-state index contributed by atoms with van der Waals surface area (Å²) in [6.45, 7) is 3.92. The number of anilines is 1. The van der Waals surface area contributed by atoms with Gasteiger partial charge < -0.3 is 0 Å². The maximum absolute atomic E-state index is 13.6. The molecule has 1 unspecified atom stereocenters. The molecule has 2 heterocycles. The number of rotatable bonds is 5. The summed E-state index contributed by atoms with van der Waals surface area (Å²) in [6, 6.07) is 19.7. The number of carbonyl (C=O) groups is 1. The van der Waals surface area contributed by atoms with E-state index in [2.05, 4.69) is 44.9 Å². The molecule has 166 valence electrons. The van der Waals surface area contributed by atoms with Crippen LogP contribution in [0.25, 0.3) is 10.8 Å². The van der Waals surface area contributed by atoms with Gasteiger partial charge in [-0.05, 0) is 53.9 Å². The molecule has 0 aliphatic carbocycles. The van der Waals surface area contributed by atoms with Crippen LogP contribution in [0.5, 0.6) is 0 Å². The molecule has 2 fully saturated rings. The van der Waals surface area contributed by atoms with Crippen LogP contribution in [0.3, 0.4) is 0 Å². The predicted octanol–water partition coefficient (Wildman–Crippen LogP) is 5.11. The van der Waals surface area contributed by atoms with Gasteiger partial charge in [0.25, 0.3) is 5.91 Å². The van der Waals surface area contributed by atoms with Gasteiger partial charge in [0.15, 0.2) is 0 Å². The lowest BCUT2D eigenvalue weighted by Gasteiger charge is -2.41. The molecule has 0 spiro atoms. The SMILES string of the molecule is O=C(NNc1cc(Cl)cc(Cl)c1)C(c1cccc2ccccc12)N1CCN2CCC[C@H]2C1. The predicted molar refractivity (Wildman–Crippen MR) is 131 cm³/mol. The fraction of sp³-hybridized carbons (Fsp3) is 0.320. The highest BCUT2D eigenvalue weighted by molar-refractivity contribution is 6.35. The number of nitrogens with one attached hydrogen (secondary N) is 2. The van der Waals surface area contributed by atoms with Gasteiger partial charge >= 0.3 is 0 Å². The van der Waals surface area contributed by atoms with Crippen LogP contribution in [0.15, 0.2) is 60.7 Å². The van der Waals surface area contributed by atoms with Crippen molar-refractivity contribution >= 4 is 45.6 Å². The van der Waals surface area contributed by atoms with Crippen molar-refractivity contribution in [1.29, 1.82) is 0 Å². The molecule has 0 bridgehead atoms. The Labute approximate surface area is 198 Å². The fourth-order valence-corrected chi connectivity index (χ4v) is 5.60. The Bertz CT molecular complexity index is 1110. The minimum Gasteiger partial charge on any atom is -0.298 e. The van der Waals surface area contributed by atoms with E-state index in [0.717, 1.165) is 36.0 Å². The molecule has 2 aliphatic heterocycles. The Morgan fingerprint density at radius 1 is 0.969 bits per heavy atom. The van der Waals surface area contributed by atoms with Crippen molar-refractivity contribution in [2.45, 2.75) is 24.9 Å². The Morgan fingerprint density at radius 2 is 1.75 bits per heavy atom. The Kier molecular flexibility index (Phi) is 6.24. The van der Waals surface area contributed by atoms with E-state index < -0.39 is 6.04 Å². The highest BCUT2D eigenvalue weighted by atomic mass is 35.5. The number of benzene rings is 3. The van der Waals surface area contributed by atoms with Gasteiger partial charge in [-0.15, -0.1) is 0 Å². The second-order valence-corrected chi connectivity index (χ2v) is 9.44. The number of piperazine rings is 1. The zero-order valence-corrected chi connectivity index (χ0v) is 19.2. The summed E-state index contributed by atoms with van der Waals surface area (Å²) in [7, 11) is 0. The van der Waals surface area contributed by atoms with E-state index in [0.29, 0.717) is 21.8 Å². The highest BCUT2D eigenvalue weighted by Gasteiger charge is 2.37. The van der Waals surface area contributed by atoms with Crippen molar-refractivity contribution in [3.63, 3.8) is 0 Å². The lowest BCUT2D eigenvalue weighted by Crippen LogP contribution is -2.54. The molecular formula is C25H26Cl2N4O. The average Bonchev–Trinajstić information content (AvgIpc) is 3.25. The summed E-state index contributed by atoms with van der Waals surface area (Å²) in [5.41, 5.74) is 7.59. The normalized spacial score (nSPS) is 20.1. The number of hydrogen-bond acceptors (Lipinski definition) is 4. The third-order valence-corrected chi connectivity index (χ3v) is 6.98. The number of hydrogen-bond donors (Lipinski definition) is 2. The second-order valence-electron chi connectivity index (χ2n) is 8.57. The van der Waals surface area contributed by atoms with Crippen LogP contribution in [-0.4, -0.2) is 47.9 Å². The number of nitrogens with zero attached hydrogens (tertiary/aromatic N) is 2. The van der Waals surface area contributed by atoms with Crippen LogP contribution in [0.4, 0.5) is 5.69 Å². The lowest BCUT2D eigenvalue weighted by atomic mass is 9.96. The van der Waals surface area contributed by atoms with E-state index in [1.54, 1.807) is 18.2 Å². The molecule has 5 nitrogen and oxygen atoms in total. The molecular weight excluding hydrogens is 443 g/mol. The average molecular weight is 469 g/mol. The number of halogens is 2. The van der Waals surface area contributed by atoms with Crippen LogP contribution in [0, 0.1) is 0 Å². The van der Waals surface area contributed by atoms with Crippen LogP contribution in [-0.2, 0) is 4.79 Å². The topological polar surface area (TPSA) is 47.6 Å². The van der Waals surface area contributed by atoms with Crippen molar-refractivity contribution in [3.05, 3.63) is 76.3 Å². The first-order valence-electron chi connectivity index (χ1n) is 11.1. The number of carbonyl (C=O) groups excluding carboxylic acids is 1. The van der Waals surface area contributed by atoms with Crippen molar-refractivity contribution in [1.82, 2.24) is 15.2 Å².